The van der Waals surface area contributed by atoms with Gasteiger partial charge in [-0.05, 0) is 0 Å². The van der Waals surface area contributed by atoms with Gasteiger partial charge in [-0.25, -0.2) is 0 Å². The van der Waals surface area contributed by atoms with E-state index in [0.717, 1.165) is 5.56 Å². The summed E-state index contributed by atoms with van der Waals surface area (Å²) in [7, 11) is 1.78. The van der Waals surface area contributed by atoms with E-state index in [1.54, 1.807) is 24.1 Å². The molecule has 0 fully saturated rings. The van der Waals surface area contributed by atoms with Crippen LogP contribution in [0.1, 0.15) is 10.9 Å². The molecule has 0 saturated carbocycles. The Morgan fingerprint density at radius 2 is 2.60 bits per heavy atom. The van der Waals surface area contributed by atoms with E-state index in [1.165, 1.54) is 0 Å². The van der Waals surface area contributed by atoms with Crippen molar-refractivity contribution in [1.29, 1.82) is 5.26 Å². The van der Waals surface area contributed by atoms with Crippen molar-refractivity contribution >= 4 is 11.6 Å². The third-order valence-corrected chi connectivity index (χ3v) is 1.48. The maximum Gasteiger partial charge on any atom is 0.148 e. The minimum atomic E-state index is -0.575. The zero-order valence-corrected chi connectivity index (χ0v) is 6.21. The number of nitriles is 1. The van der Waals surface area contributed by atoms with Crippen LogP contribution in [0.15, 0.2) is 12.4 Å². The number of aryl methyl sites for hydroxylation is 1. The molecule has 0 bridgehead atoms. The van der Waals surface area contributed by atoms with Crippen LogP contribution < -0.4 is 0 Å². The van der Waals surface area contributed by atoms with Gasteiger partial charge in [-0.3, -0.25) is 4.68 Å². The molecule has 52 valence electrons. The Labute approximate surface area is 63.8 Å². The van der Waals surface area contributed by atoms with Gasteiger partial charge in [-0.1, -0.05) is 0 Å². The zero-order valence-electron chi connectivity index (χ0n) is 5.45. The number of hydrogen-bond acceptors (Lipinski definition) is 2. The second-order valence-corrected chi connectivity index (χ2v) is 2.38. The second-order valence-electron chi connectivity index (χ2n) is 1.94. The first kappa shape index (κ1) is 7.10. The molecule has 0 spiro atoms. The number of hydrogen-bond donors (Lipinski definition) is 0. The summed E-state index contributed by atoms with van der Waals surface area (Å²) >= 11 is 5.59. The van der Waals surface area contributed by atoms with Crippen molar-refractivity contribution in [3.05, 3.63) is 18.0 Å². The van der Waals surface area contributed by atoms with E-state index >= 15 is 0 Å². The summed E-state index contributed by atoms with van der Waals surface area (Å²) in [4.78, 5) is 0. The van der Waals surface area contributed by atoms with E-state index in [2.05, 4.69) is 5.10 Å². The van der Waals surface area contributed by atoms with Gasteiger partial charge in [0.2, 0.25) is 0 Å². The van der Waals surface area contributed by atoms with Gasteiger partial charge in [0, 0.05) is 18.8 Å². The maximum absolute atomic E-state index is 8.38. The van der Waals surface area contributed by atoms with E-state index in [9.17, 15) is 0 Å². The molecule has 1 atom stereocenters. The highest BCUT2D eigenvalue weighted by atomic mass is 35.5. The van der Waals surface area contributed by atoms with Gasteiger partial charge in [-0.15, -0.1) is 11.6 Å². The van der Waals surface area contributed by atoms with Crippen LogP contribution in [0, 0.1) is 11.3 Å². The summed E-state index contributed by atoms with van der Waals surface area (Å²) in [5, 5.41) is 11.7. The van der Waals surface area contributed by atoms with Crippen LogP contribution in [0.5, 0.6) is 0 Å². The predicted octanol–water partition coefficient (Wildman–Crippen LogP) is 1.22. The highest BCUT2D eigenvalue weighted by molar-refractivity contribution is 6.22. The lowest BCUT2D eigenvalue weighted by Crippen LogP contribution is -1.85. The van der Waals surface area contributed by atoms with Gasteiger partial charge >= 0.3 is 0 Å². The minimum Gasteiger partial charge on any atom is -0.275 e. The molecule has 1 heterocycles. The van der Waals surface area contributed by atoms with Crippen molar-refractivity contribution in [1.82, 2.24) is 9.78 Å². The normalized spacial score (nSPS) is 12.5. The summed E-state index contributed by atoms with van der Waals surface area (Å²) in [5.41, 5.74) is 0.742. The fraction of sp³-hybridized carbons (Fsp3) is 0.333. The molecule has 4 heteroatoms. The Morgan fingerprint density at radius 1 is 1.90 bits per heavy atom. The molecule has 1 unspecified atom stereocenters. The van der Waals surface area contributed by atoms with Crippen molar-refractivity contribution in [3.8, 4) is 6.07 Å². The fourth-order valence-corrected chi connectivity index (χ4v) is 0.758. The molecule has 0 N–H and O–H groups in total. The van der Waals surface area contributed by atoms with Crippen molar-refractivity contribution in [2.45, 2.75) is 5.38 Å². The van der Waals surface area contributed by atoms with Crippen molar-refractivity contribution in [2.75, 3.05) is 0 Å². The monoisotopic (exact) mass is 155 g/mol. The quantitative estimate of drug-likeness (QED) is 0.573. The van der Waals surface area contributed by atoms with E-state index < -0.39 is 5.38 Å². The first-order valence-corrected chi connectivity index (χ1v) is 3.20. The Morgan fingerprint density at radius 3 is 3.00 bits per heavy atom. The highest BCUT2D eigenvalue weighted by Gasteiger charge is 2.06. The first-order chi connectivity index (χ1) is 4.74. The standard InChI is InChI=1S/C6H6ClN3/c1-10-4-5(3-9-10)6(7)2-8/h3-4,6H,1H3. The molecule has 0 aliphatic carbocycles. The smallest absolute Gasteiger partial charge is 0.148 e. The maximum atomic E-state index is 8.38. The predicted molar refractivity (Wildman–Crippen MR) is 37.4 cm³/mol. The summed E-state index contributed by atoms with van der Waals surface area (Å²) < 4.78 is 1.61. The number of alkyl halides is 1. The number of rotatable bonds is 1. The molecule has 0 aliphatic heterocycles. The van der Waals surface area contributed by atoms with Crippen molar-refractivity contribution in [3.63, 3.8) is 0 Å². The average Bonchev–Trinajstić information content (AvgIpc) is 2.34. The molecule has 0 saturated heterocycles. The van der Waals surface area contributed by atoms with Gasteiger partial charge in [0.15, 0.2) is 0 Å². The molecule has 1 aromatic heterocycles. The lowest BCUT2D eigenvalue weighted by atomic mass is 10.3. The number of aromatic nitrogens is 2. The third kappa shape index (κ3) is 1.28. The zero-order chi connectivity index (χ0) is 7.56. The van der Waals surface area contributed by atoms with Crippen LogP contribution >= 0.6 is 11.6 Å². The molecular formula is C6H6ClN3. The van der Waals surface area contributed by atoms with E-state index in [-0.39, 0.29) is 0 Å². The summed E-state index contributed by atoms with van der Waals surface area (Å²) in [6, 6.07) is 1.91. The molecular weight excluding hydrogens is 150 g/mol. The summed E-state index contributed by atoms with van der Waals surface area (Å²) in [6.07, 6.45) is 3.31. The molecule has 0 aliphatic rings. The topological polar surface area (TPSA) is 41.6 Å². The molecule has 1 rings (SSSR count). The highest BCUT2D eigenvalue weighted by Crippen LogP contribution is 2.17. The van der Waals surface area contributed by atoms with Crippen molar-refractivity contribution < 1.29 is 0 Å². The van der Waals surface area contributed by atoms with Crippen LogP contribution in [0.3, 0.4) is 0 Å². The molecule has 10 heavy (non-hydrogen) atoms. The molecule has 0 amide bonds. The Balaban J connectivity index is 2.87. The van der Waals surface area contributed by atoms with Crippen LogP contribution in [0.2, 0.25) is 0 Å². The third-order valence-electron chi connectivity index (χ3n) is 1.13. The van der Waals surface area contributed by atoms with E-state index in [1.807, 2.05) is 6.07 Å². The molecule has 3 nitrogen and oxygen atoms in total. The van der Waals surface area contributed by atoms with Gasteiger partial charge < -0.3 is 0 Å². The Bertz CT molecular complexity index is 260. The molecule has 1 aromatic rings. The Hall–Kier alpha value is -1.01. The van der Waals surface area contributed by atoms with Crippen LogP contribution in [-0.2, 0) is 7.05 Å². The fourth-order valence-electron chi connectivity index (χ4n) is 0.646. The van der Waals surface area contributed by atoms with Crippen LogP contribution in [0.25, 0.3) is 0 Å². The minimum absolute atomic E-state index is 0.575. The summed E-state index contributed by atoms with van der Waals surface area (Å²) in [5.74, 6) is 0. The van der Waals surface area contributed by atoms with Crippen molar-refractivity contribution in [2.24, 2.45) is 7.05 Å². The SMILES string of the molecule is Cn1cc(C(Cl)C#N)cn1. The van der Waals surface area contributed by atoms with Crippen LogP contribution in [-0.4, -0.2) is 9.78 Å². The number of nitrogens with zero attached hydrogens (tertiary/aromatic N) is 3. The van der Waals surface area contributed by atoms with E-state index in [0.29, 0.717) is 0 Å². The second kappa shape index (κ2) is 2.72. The molecule has 0 aromatic carbocycles. The summed E-state index contributed by atoms with van der Waals surface area (Å²) in [6.45, 7) is 0. The average molecular weight is 156 g/mol. The lowest BCUT2D eigenvalue weighted by Gasteiger charge is -1.90. The largest absolute Gasteiger partial charge is 0.275 e. The van der Waals surface area contributed by atoms with Crippen LogP contribution in [0.4, 0.5) is 0 Å². The Kier molecular flexibility index (Phi) is 1.93. The van der Waals surface area contributed by atoms with Gasteiger partial charge in [0.05, 0.1) is 12.3 Å². The van der Waals surface area contributed by atoms with Gasteiger partial charge in [0.25, 0.3) is 0 Å². The lowest BCUT2D eigenvalue weighted by molar-refractivity contribution is 0.767. The van der Waals surface area contributed by atoms with Gasteiger partial charge in [-0.2, -0.15) is 10.4 Å². The van der Waals surface area contributed by atoms with Gasteiger partial charge in [0.1, 0.15) is 5.38 Å². The first-order valence-electron chi connectivity index (χ1n) is 2.76. The number of halogens is 1. The van der Waals surface area contributed by atoms with E-state index in [4.69, 9.17) is 16.9 Å². The molecule has 0 radical (unpaired) electrons.